The number of aliphatic hydroxyl groups excluding tert-OH is 2. The molecule has 0 amide bonds. The highest BCUT2D eigenvalue weighted by molar-refractivity contribution is 6.60. The van der Waals surface area contributed by atoms with Crippen molar-refractivity contribution in [2.75, 3.05) is 6.61 Å². The summed E-state index contributed by atoms with van der Waals surface area (Å²) in [4.78, 5) is 0. The zero-order valence-corrected chi connectivity index (χ0v) is 9.81. The van der Waals surface area contributed by atoms with Gasteiger partial charge in [-0.2, -0.15) is 0 Å². The summed E-state index contributed by atoms with van der Waals surface area (Å²) in [6.07, 6.45) is 2.62. The van der Waals surface area contributed by atoms with Crippen molar-refractivity contribution >= 4 is 8.80 Å². The third kappa shape index (κ3) is 1.88. The first-order chi connectivity index (χ1) is 6.50. The van der Waals surface area contributed by atoms with Gasteiger partial charge < -0.3 is 20.1 Å². The van der Waals surface area contributed by atoms with Crippen LogP contribution in [0.4, 0.5) is 0 Å². The molecule has 1 aliphatic heterocycles. The monoisotopic (exact) mass is 218 g/mol. The van der Waals surface area contributed by atoms with Gasteiger partial charge in [0.05, 0.1) is 8.80 Å². The summed E-state index contributed by atoms with van der Waals surface area (Å²) in [6, 6.07) is 0. The lowest BCUT2D eigenvalue weighted by molar-refractivity contribution is -0.0333. The molecule has 0 aromatic carbocycles. The minimum Gasteiger partial charge on any atom is -0.504 e. The molecule has 0 bridgehead atoms. The Bertz CT molecular complexity index is 227. The van der Waals surface area contributed by atoms with Gasteiger partial charge in [-0.25, -0.2) is 0 Å². The molecule has 1 fully saturated rings. The topological polar surface area (TPSA) is 69.9 Å². The minimum absolute atomic E-state index is 0.376. The van der Waals surface area contributed by atoms with Crippen LogP contribution >= 0.6 is 0 Å². The molecule has 1 atom stereocenters. The van der Waals surface area contributed by atoms with Crippen LogP contribution in [0, 0.1) is 0 Å². The van der Waals surface area contributed by atoms with Crippen LogP contribution in [-0.4, -0.2) is 35.9 Å². The second-order valence-corrected chi connectivity index (χ2v) is 7.26. The SMILES string of the molecule is C[SiH](C)C1(C(O)=C(O)O)CCCCO1. The Morgan fingerprint density at radius 2 is 1.86 bits per heavy atom. The van der Waals surface area contributed by atoms with E-state index in [2.05, 4.69) is 0 Å². The molecule has 0 aliphatic carbocycles. The molecule has 0 spiro atoms. The zero-order chi connectivity index (χ0) is 10.8. The van der Waals surface area contributed by atoms with Crippen LogP contribution in [-0.2, 0) is 4.74 Å². The first kappa shape index (κ1) is 11.4. The average molecular weight is 218 g/mol. The van der Waals surface area contributed by atoms with Crippen molar-refractivity contribution in [1.82, 2.24) is 0 Å². The maximum Gasteiger partial charge on any atom is 0.316 e. The van der Waals surface area contributed by atoms with Gasteiger partial charge in [-0.15, -0.1) is 0 Å². The third-order valence-electron chi connectivity index (χ3n) is 2.85. The number of hydrogen-bond acceptors (Lipinski definition) is 4. The van der Waals surface area contributed by atoms with Gasteiger partial charge in [0, 0.05) is 6.61 Å². The van der Waals surface area contributed by atoms with Crippen molar-refractivity contribution in [2.45, 2.75) is 37.6 Å². The first-order valence-corrected chi connectivity index (χ1v) is 7.85. The summed E-state index contributed by atoms with van der Waals surface area (Å²) in [5.74, 6) is -1.37. The molecule has 1 aliphatic rings. The molecular weight excluding hydrogens is 200 g/mol. The Balaban J connectivity index is 2.97. The van der Waals surface area contributed by atoms with Crippen LogP contribution in [0.1, 0.15) is 19.3 Å². The van der Waals surface area contributed by atoms with Crippen molar-refractivity contribution in [3.05, 3.63) is 11.7 Å². The largest absolute Gasteiger partial charge is 0.504 e. The molecule has 1 rings (SSSR count). The van der Waals surface area contributed by atoms with Gasteiger partial charge in [0.2, 0.25) is 5.76 Å². The molecule has 3 N–H and O–H groups in total. The predicted octanol–water partition coefficient (Wildman–Crippen LogP) is 1.79. The third-order valence-corrected chi connectivity index (χ3v) is 5.44. The highest BCUT2D eigenvalue weighted by Crippen LogP contribution is 2.34. The molecular formula is C9H18O4Si. The fourth-order valence-electron chi connectivity index (χ4n) is 1.92. The van der Waals surface area contributed by atoms with Gasteiger partial charge in [0.1, 0.15) is 5.22 Å². The number of ether oxygens (including phenoxy) is 1. The van der Waals surface area contributed by atoms with E-state index in [9.17, 15) is 5.11 Å². The van der Waals surface area contributed by atoms with E-state index in [4.69, 9.17) is 14.9 Å². The van der Waals surface area contributed by atoms with Crippen LogP contribution < -0.4 is 0 Å². The van der Waals surface area contributed by atoms with Gasteiger partial charge in [0.25, 0.3) is 0 Å². The van der Waals surface area contributed by atoms with Crippen LogP contribution in [0.25, 0.3) is 0 Å². The van der Waals surface area contributed by atoms with Crippen molar-refractivity contribution in [3.63, 3.8) is 0 Å². The smallest absolute Gasteiger partial charge is 0.316 e. The molecule has 5 heteroatoms. The molecule has 1 saturated heterocycles. The average Bonchev–Trinajstić information content (AvgIpc) is 2.17. The van der Waals surface area contributed by atoms with Crippen LogP contribution in [0.5, 0.6) is 0 Å². The summed E-state index contributed by atoms with van der Waals surface area (Å²) < 4.78 is 5.58. The number of hydrogen-bond donors (Lipinski definition) is 3. The van der Waals surface area contributed by atoms with Crippen LogP contribution in [0.3, 0.4) is 0 Å². The van der Waals surface area contributed by atoms with E-state index in [1.54, 1.807) is 0 Å². The van der Waals surface area contributed by atoms with E-state index in [0.717, 1.165) is 12.8 Å². The summed E-state index contributed by atoms with van der Waals surface area (Å²) in [7, 11) is -1.35. The molecule has 1 unspecified atom stereocenters. The lowest BCUT2D eigenvalue weighted by Gasteiger charge is -2.39. The normalized spacial score (nSPS) is 27.6. The first-order valence-electron chi connectivity index (χ1n) is 4.96. The summed E-state index contributed by atoms with van der Waals surface area (Å²) in [6.45, 7) is 4.65. The van der Waals surface area contributed by atoms with Gasteiger partial charge in [-0.3, -0.25) is 0 Å². The van der Waals surface area contributed by atoms with E-state index in [0.29, 0.717) is 13.0 Å². The van der Waals surface area contributed by atoms with Gasteiger partial charge in [-0.05, 0) is 19.3 Å². The van der Waals surface area contributed by atoms with Gasteiger partial charge in [-0.1, -0.05) is 13.1 Å². The Morgan fingerprint density at radius 1 is 1.21 bits per heavy atom. The van der Waals surface area contributed by atoms with E-state index >= 15 is 0 Å². The minimum atomic E-state index is -1.35. The van der Waals surface area contributed by atoms with E-state index in [1.165, 1.54) is 0 Å². The van der Waals surface area contributed by atoms with Crippen LogP contribution in [0.15, 0.2) is 11.7 Å². The Kier molecular flexibility index (Phi) is 3.44. The molecule has 14 heavy (non-hydrogen) atoms. The standard InChI is InChI=1S/C9H18O4Si/c1-14(2)9(7(10)8(11)12)5-3-4-6-13-9/h10-12,14H,3-6H2,1-2H3. The summed E-state index contributed by atoms with van der Waals surface area (Å²) in [5.41, 5.74) is 0. The lowest BCUT2D eigenvalue weighted by atomic mass is 10.1. The fourth-order valence-corrected chi connectivity index (χ4v) is 3.83. The van der Waals surface area contributed by atoms with Crippen molar-refractivity contribution in [3.8, 4) is 0 Å². The molecule has 82 valence electrons. The second kappa shape index (κ2) is 4.23. The van der Waals surface area contributed by atoms with E-state index < -0.39 is 20.0 Å². The lowest BCUT2D eigenvalue weighted by Crippen LogP contribution is -2.49. The van der Waals surface area contributed by atoms with E-state index in [1.807, 2.05) is 13.1 Å². The Labute approximate surface area is 85.4 Å². The predicted molar refractivity (Wildman–Crippen MR) is 56.3 cm³/mol. The van der Waals surface area contributed by atoms with Crippen molar-refractivity contribution < 1.29 is 20.1 Å². The maximum absolute atomic E-state index is 9.66. The van der Waals surface area contributed by atoms with Gasteiger partial charge in [0.15, 0.2) is 0 Å². The van der Waals surface area contributed by atoms with E-state index in [-0.39, 0.29) is 5.76 Å². The summed E-state index contributed by atoms with van der Waals surface area (Å²) in [5, 5.41) is 26.7. The molecule has 0 radical (unpaired) electrons. The van der Waals surface area contributed by atoms with Crippen molar-refractivity contribution in [2.24, 2.45) is 0 Å². The zero-order valence-electron chi connectivity index (χ0n) is 8.66. The Hall–Kier alpha value is -0.683. The molecule has 0 aromatic heterocycles. The maximum atomic E-state index is 9.66. The van der Waals surface area contributed by atoms with Gasteiger partial charge >= 0.3 is 5.95 Å². The molecule has 1 heterocycles. The van der Waals surface area contributed by atoms with Crippen LogP contribution in [0.2, 0.25) is 13.1 Å². The molecule has 0 saturated carbocycles. The highest BCUT2D eigenvalue weighted by Gasteiger charge is 2.43. The van der Waals surface area contributed by atoms with Crippen molar-refractivity contribution in [1.29, 1.82) is 0 Å². The molecule has 0 aromatic rings. The highest BCUT2D eigenvalue weighted by atomic mass is 28.3. The summed E-state index contributed by atoms with van der Waals surface area (Å²) >= 11 is 0. The second-order valence-electron chi connectivity index (χ2n) is 4.02. The fraction of sp³-hybridized carbons (Fsp3) is 0.778. The number of aliphatic hydroxyl groups is 3. The number of rotatable bonds is 2. The Morgan fingerprint density at radius 3 is 2.21 bits per heavy atom. The molecule has 4 nitrogen and oxygen atoms in total. The quantitative estimate of drug-likeness (QED) is 0.488.